The molecule has 0 amide bonds. The number of methoxy groups -OCH3 is 1. The first-order valence-corrected chi connectivity index (χ1v) is 4.75. The van der Waals surface area contributed by atoms with Crippen molar-refractivity contribution >= 4 is 0 Å². The minimum Gasteiger partial charge on any atom is -0.435 e. The van der Waals surface area contributed by atoms with Gasteiger partial charge >= 0.3 is 6.61 Å². The van der Waals surface area contributed by atoms with Crippen LogP contribution >= 0.6 is 0 Å². The molecule has 0 N–H and O–H groups in total. The van der Waals surface area contributed by atoms with Gasteiger partial charge in [0.25, 0.3) is 0 Å². The Morgan fingerprint density at radius 2 is 1.67 bits per heavy atom. The summed E-state index contributed by atoms with van der Waals surface area (Å²) in [7, 11) is 1.57. The van der Waals surface area contributed by atoms with Crippen molar-refractivity contribution in [3.63, 3.8) is 0 Å². The molecule has 0 saturated heterocycles. The van der Waals surface area contributed by atoms with E-state index < -0.39 is 6.61 Å². The molecule has 1 aromatic carbocycles. The summed E-state index contributed by atoms with van der Waals surface area (Å²) in [5.74, 6) is 0.162. The van der Waals surface area contributed by atoms with Crippen molar-refractivity contribution in [2.24, 2.45) is 0 Å². The summed E-state index contributed by atoms with van der Waals surface area (Å²) in [6.45, 7) is 1.70. The highest BCUT2D eigenvalue weighted by Crippen LogP contribution is 2.14. The minimum absolute atomic E-state index is 0.162. The van der Waals surface area contributed by atoms with Gasteiger partial charge in [-0.1, -0.05) is 26.0 Å². The van der Waals surface area contributed by atoms with E-state index in [1.54, 1.807) is 19.2 Å². The number of hydrogen-bond donors (Lipinski definition) is 0. The molecule has 0 aliphatic rings. The average Bonchev–Trinajstić information content (AvgIpc) is 2.24. The first kappa shape index (κ1) is 13.8. The first-order valence-electron chi connectivity index (χ1n) is 4.75. The molecule has 0 atom stereocenters. The van der Waals surface area contributed by atoms with Crippen LogP contribution in [0.15, 0.2) is 24.3 Å². The quantitative estimate of drug-likeness (QED) is 0.770. The van der Waals surface area contributed by atoms with Crippen LogP contribution in [0, 0.1) is 0 Å². The van der Waals surface area contributed by atoms with Gasteiger partial charge in [-0.05, 0) is 17.7 Å². The molecule has 1 aromatic rings. The number of benzene rings is 1. The van der Waals surface area contributed by atoms with E-state index in [-0.39, 0.29) is 5.75 Å². The molecule has 0 bridgehead atoms. The van der Waals surface area contributed by atoms with Crippen LogP contribution in [-0.4, -0.2) is 13.7 Å². The Morgan fingerprint density at radius 3 is 2.07 bits per heavy atom. The van der Waals surface area contributed by atoms with Gasteiger partial charge in [-0.2, -0.15) is 8.78 Å². The molecular weight excluding hydrogens is 202 g/mol. The number of hydrogen-bond acceptors (Lipinski definition) is 2. The highest BCUT2D eigenvalue weighted by molar-refractivity contribution is 5.26. The summed E-state index contributed by atoms with van der Waals surface area (Å²) in [5, 5.41) is 0. The zero-order valence-corrected chi connectivity index (χ0v) is 9.17. The van der Waals surface area contributed by atoms with Gasteiger partial charge in [0.15, 0.2) is 0 Å². The van der Waals surface area contributed by atoms with E-state index >= 15 is 0 Å². The highest BCUT2D eigenvalue weighted by atomic mass is 19.3. The molecule has 0 aromatic heterocycles. The van der Waals surface area contributed by atoms with Crippen molar-refractivity contribution in [3.05, 3.63) is 29.8 Å². The fourth-order valence-electron chi connectivity index (χ4n) is 0.934. The number of ether oxygens (including phenoxy) is 2. The average molecular weight is 218 g/mol. The van der Waals surface area contributed by atoms with Crippen molar-refractivity contribution < 1.29 is 18.3 Å². The minimum atomic E-state index is -2.77. The van der Waals surface area contributed by atoms with Gasteiger partial charge in [-0.25, -0.2) is 0 Å². The summed E-state index contributed by atoms with van der Waals surface area (Å²) in [6.07, 6.45) is 0. The fraction of sp³-hybridized carbons (Fsp3) is 0.455. The Labute approximate surface area is 88.8 Å². The molecule has 86 valence electrons. The van der Waals surface area contributed by atoms with Crippen LogP contribution in [0.1, 0.15) is 19.4 Å². The molecule has 1 rings (SSSR count). The molecule has 2 nitrogen and oxygen atoms in total. The smallest absolute Gasteiger partial charge is 0.387 e. The molecule has 4 heteroatoms. The molecule has 15 heavy (non-hydrogen) atoms. The van der Waals surface area contributed by atoms with E-state index in [4.69, 9.17) is 4.74 Å². The van der Waals surface area contributed by atoms with Crippen LogP contribution in [-0.2, 0) is 11.3 Å². The summed E-state index contributed by atoms with van der Waals surface area (Å²) in [5.41, 5.74) is 0.920. The molecule has 0 aliphatic heterocycles. The van der Waals surface area contributed by atoms with E-state index in [0.717, 1.165) is 5.56 Å². The topological polar surface area (TPSA) is 18.5 Å². The predicted octanol–water partition coefficient (Wildman–Crippen LogP) is 3.46. The van der Waals surface area contributed by atoms with Gasteiger partial charge in [0.2, 0.25) is 0 Å². The number of rotatable bonds is 4. The van der Waals surface area contributed by atoms with Crippen molar-refractivity contribution in [1.29, 1.82) is 0 Å². The molecule has 0 unspecified atom stereocenters. The zero-order valence-electron chi connectivity index (χ0n) is 9.17. The Morgan fingerprint density at radius 1 is 1.13 bits per heavy atom. The van der Waals surface area contributed by atoms with E-state index in [1.807, 2.05) is 13.8 Å². The Balaban J connectivity index is 0.000000921. The lowest BCUT2D eigenvalue weighted by molar-refractivity contribution is -0.0498. The predicted molar refractivity (Wildman–Crippen MR) is 55.1 cm³/mol. The second-order valence-corrected chi connectivity index (χ2v) is 2.46. The van der Waals surface area contributed by atoms with Gasteiger partial charge in [0.05, 0.1) is 6.61 Å². The standard InChI is InChI=1S/C9H10F2O2.C2H6/c1-12-6-7-2-4-8(5-3-7)13-9(10)11;1-2/h2-5,9H,6H2,1H3;1-2H3. The third-order valence-corrected chi connectivity index (χ3v) is 1.46. The molecule has 0 aliphatic carbocycles. The van der Waals surface area contributed by atoms with Crippen LogP contribution in [0.2, 0.25) is 0 Å². The largest absolute Gasteiger partial charge is 0.435 e. The maximum Gasteiger partial charge on any atom is 0.387 e. The summed E-state index contributed by atoms with van der Waals surface area (Å²) in [4.78, 5) is 0. The lowest BCUT2D eigenvalue weighted by Gasteiger charge is -2.04. The first-order chi connectivity index (χ1) is 7.22. The molecule has 0 fully saturated rings. The molecule has 0 heterocycles. The van der Waals surface area contributed by atoms with Gasteiger partial charge in [0, 0.05) is 7.11 Å². The van der Waals surface area contributed by atoms with Crippen LogP contribution < -0.4 is 4.74 Å². The fourth-order valence-corrected chi connectivity index (χ4v) is 0.934. The third-order valence-electron chi connectivity index (χ3n) is 1.46. The lowest BCUT2D eigenvalue weighted by atomic mass is 10.2. The van der Waals surface area contributed by atoms with Gasteiger partial charge in [-0.3, -0.25) is 0 Å². The SMILES string of the molecule is CC.COCc1ccc(OC(F)F)cc1. The molecule has 0 radical (unpaired) electrons. The van der Waals surface area contributed by atoms with Gasteiger partial charge in [-0.15, -0.1) is 0 Å². The maximum absolute atomic E-state index is 11.7. The molecule has 0 saturated carbocycles. The van der Waals surface area contributed by atoms with E-state index in [9.17, 15) is 8.78 Å². The van der Waals surface area contributed by atoms with Crippen molar-refractivity contribution in [1.82, 2.24) is 0 Å². The Kier molecular flexibility index (Phi) is 7.54. The Bertz CT molecular complexity index is 247. The summed E-state index contributed by atoms with van der Waals surface area (Å²) < 4.78 is 32.5. The number of halogens is 2. The van der Waals surface area contributed by atoms with Gasteiger partial charge < -0.3 is 9.47 Å². The number of alkyl halides is 2. The highest BCUT2D eigenvalue weighted by Gasteiger charge is 2.02. The van der Waals surface area contributed by atoms with Gasteiger partial charge in [0.1, 0.15) is 5.75 Å². The third kappa shape index (κ3) is 6.01. The van der Waals surface area contributed by atoms with E-state index in [0.29, 0.717) is 6.61 Å². The van der Waals surface area contributed by atoms with Crippen molar-refractivity contribution in [2.75, 3.05) is 7.11 Å². The summed E-state index contributed by atoms with van der Waals surface area (Å²) in [6, 6.07) is 6.34. The summed E-state index contributed by atoms with van der Waals surface area (Å²) >= 11 is 0. The second kappa shape index (κ2) is 8.17. The maximum atomic E-state index is 11.7. The van der Waals surface area contributed by atoms with E-state index in [2.05, 4.69) is 4.74 Å². The monoisotopic (exact) mass is 218 g/mol. The lowest BCUT2D eigenvalue weighted by Crippen LogP contribution is -2.01. The molecular formula is C11H16F2O2. The Hall–Kier alpha value is -1.16. The van der Waals surface area contributed by atoms with Crippen molar-refractivity contribution in [3.8, 4) is 5.75 Å². The van der Waals surface area contributed by atoms with Crippen LogP contribution in [0.3, 0.4) is 0 Å². The molecule has 0 spiro atoms. The van der Waals surface area contributed by atoms with Crippen LogP contribution in [0.5, 0.6) is 5.75 Å². The zero-order chi connectivity index (χ0) is 11.7. The van der Waals surface area contributed by atoms with Crippen molar-refractivity contribution in [2.45, 2.75) is 27.1 Å². The normalized spacial score (nSPS) is 9.47. The van der Waals surface area contributed by atoms with Crippen LogP contribution in [0.25, 0.3) is 0 Å². The van der Waals surface area contributed by atoms with E-state index in [1.165, 1.54) is 12.1 Å². The second-order valence-electron chi connectivity index (χ2n) is 2.46. The van der Waals surface area contributed by atoms with Crippen LogP contribution in [0.4, 0.5) is 8.78 Å².